The Kier molecular flexibility index (Phi) is 6.92. The number of hydrogen-bond acceptors (Lipinski definition) is 6. The molecular weight excluding hydrogens is 432 g/mol. The van der Waals surface area contributed by atoms with Gasteiger partial charge in [0.1, 0.15) is 12.4 Å². The molecule has 1 saturated carbocycles. The number of amides is 1. The highest BCUT2D eigenvalue weighted by atomic mass is 16.5. The second-order valence-electron chi connectivity index (χ2n) is 9.48. The van der Waals surface area contributed by atoms with Gasteiger partial charge in [0.25, 0.3) is 5.91 Å². The van der Waals surface area contributed by atoms with Crippen molar-refractivity contribution in [3.8, 4) is 17.2 Å². The van der Waals surface area contributed by atoms with Gasteiger partial charge in [0.05, 0.1) is 13.2 Å². The van der Waals surface area contributed by atoms with Gasteiger partial charge in [-0.25, -0.2) is 0 Å². The quantitative estimate of drug-likeness (QED) is 0.609. The first-order valence-electron chi connectivity index (χ1n) is 12.4. The summed E-state index contributed by atoms with van der Waals surface area (Å²) in [5.74, 6) is 2.69. The minimum absolute atomic E-state index is 0.0331. The molecule has 2 aromatic carbocycles. The maximum absolute atomic E-state index is 13.1. The van der Waals surface area contributed by atoms with Crippen molar-refractivity contribution in [2.75, 3.05) is 44.8 Å². The Hall–Kier alpha value is -2.77. The standard InChI is InChI=1S/C27H34N2O5/c1-32-26-18-21(6-9-24(26)33-17-16-28-13-10-22(30)11-14-28)29-15-12-25(27(29)31)34-23-7-4-20(5-8-23)19-2-3-19/h4-9,18-19,22,25,30H,2-3,10-17H2,1H3/t25-/m0/s1. The van der Waals surface area contributed by atoms with Crippen LogP contribution in [0.4, 0.5) is 5.69 Å². The molecule has 2 heterocycles. The molecule has 3 aliphatic rings. The summed E-state index contributed by atoms with van der Waals surface area (Å²) in [6, 6.07) is 13.8. The van der Waals surface area contributed by atoms with Crippen molar-refractivity contribution < 1.29 is 24.1 Å². The summed E-state index contributed by atoms with van der Waals surface area (Å²) >= 11 is 0. The Morgan fingerprint density at radius 2 is 1.71 bits per heavy atom. The van der Waals surface area contributed by atoms with Crippen molar-refractivity contribution >= 4 is 11.6 Å². The van der Waals surface area contributed by atoms with E-state index in [4.69, 9.17) is 14.2 Å². The van der Waals surface area contributed by atoms with Gasteiger partial charge < -0.3 is 24.2 Å². The number of aliphatic hydroxyl groups is 1. The Balaban J connectivity index is 1.16. The van der Waals surface area contributed by atoms with Crippen LogP contribution in [0.1, 0.15) is 43.6 Å². The maximum Gasteiger partial charge on any atom is 0.268 e. The van der Waals surface area contributed by atoms with E-state index < -0.39 is 6.10 Å². The summed E-state index contributed by atoms with van der Waals surface area (Å²) in [5.41, 5.74) is 2.14. The zero-order valence-corrected chi connectivity index (χ0v) is 19.8. The lowest BCUT2D eigenvalue weighted by Gasteiger charge is -2.29. The number of likely N-dealkylation sites (tertiary alicyclic amines) is 1. The highest BCUT2D eigenvalue weighted by Crippen LogP contribution is 2.40. The first kappa shape index (κ1) is 23.0. The lowest BCUT2D eigenvalue weighted by atomic mass is 10.1. The van der Waals surface area contributed by atoms with Crippen LogP contribution >= 0.6 is 0 Å². The van der Waals surface area contributed by atoms with Gasteiger partial charge in [-0.2, -0.15) is 0 Å². The molecule has 2 aliphatic heterocycles. The number of carbonyl (C=O) groups is 1. The third-order valence-electron chi connectivity index (χ3n) is 7.04. The highest BCUT2D eigenvalue weighted by molar-refractivity contribution is 5.99. The van der Waals surface area contributed by atoms with E-state index in [1.807, 2.05) is 30.3 Å². The fraction of sp³-hybridized carbons (Fsp3) is 0.519. The molecule has 34 heavy (non-hydrogen) atoms. The third kappa shape index (κ3) is 5.31. The monoisotopic (exact) mass is 466 g/mol. The Bertz CT molecular complexity index is 983. The van der Waals surface area contributed by atoms with Crippen LogP contribution in [0.2, 0.25) is 0 Å². The first-order chi connectivity index (χ1) is 16.6. The van der Waals surface area contributed by atoms with Gasteiger partial charge in [-0.05, 0) is 61.4 Å². The normalized spacial score (nSPS) is 21.6. The number of aliphatic hydroxyl groups excluding tert-OH is 1. The van der Waals surface area contributed by atoms with Crippen molar-refractivity contribution in [3.63, 3.8) is 0 Å². The molecule has 182 valence electrons. The van der Waals surface area contributed by atoms with E-state index in [1.165, 1.54) is 18.4 Å². The van der Waals surface area contributed by atoms with Crippen LogP contribution in [0.3, 0.4) is 0 Å². The first-order valence-corrected chi connectivity index (χ1v) is 12.4. The minimum atomic E-state index is -0.475. The molecule has 0 unspecified atom stereocenters. The topological polar surface area (TPSA) is 71.5 Å². The Labute approximate surface area is 201 Å². The van der Waals surface area contributed by atoms with Gasteiger partial charge in [-0.3, -0.25) is 9.69 Å². The van der Waals surface area contributed by atoms with Crippen LogP contribution in [0.25, 0.3) is 0 Å². The molecule has 3 fully saturated rings. The smallest absolute Gasteiger partial charge is 0.268 e. The Morgan fingerprint density at radius 1 is 0.941 bits per heavy atom. The maximum atomic E-state index is 13.1. The molecule has 1 atom stereocenters. The van der Waals surface area contributed by atoms with E-state index in [0.29, 0.717) is 37.0 Å². The molecule has 0 aromatic heterocycles. The van der Waals surface area contributed by atoms with Crippen LogP contribution in [0.15, 0.2) is 42.5 Å². The summed E-state index contributed by atoms with van der Waals surface area (Å²) in [4.78, 5) is 17.1. The molecular formula is C27H34N2O5. The molecule has 0 bridgehead atoms. The number of benzene rings is 2. The van der Waals surface area contributed by atoms with E-state index in [-0.39, 0.29) is 12.0 Å². The van der Waals surface area contributed by atoms with Crippen molar-refractivity contribution in [2.45, 2.75) is 50.2 Å². The number of nitrogens with zero attached hydrogens (tertiary/aromatic N) is 2. The van der Waals surface area contributed by atoms with Crippen molar-refractivity contribution in [1.29, 1.82) is 0 Å². The number of carbonyl (C=O) groups excluding carboxylic acids is 1. The summed E-state index contributed by atoms with van der Waals surface area (Å²) in [5, 5.41) is 9.64. The van der Waals surface area contributed by atoms with E-state index in [2.05, 4.69) is 17.0 Å². The number of hydrogen-bond donors (Lipinski definition) is 1. The summed E-state index contributed by atoms with van der Waals surface area (Å²) in [6.45, 7) is 3.75. The van der Waals surface area contributed by atoms with Gasteiger partial charge in [0.2, 0.25) is 0 Å². The van der Waals surface area contributed by atoms with Crippen molar-refractivity contribution in [3.05, 3.63) is 48.0 Å². The fourth-order valence-electron chi connectivity index (χ4n) is 4.79. The van der Waals surface area contributed by atoms with Crippen molar-refractivity contribution in [1.82, 2.24) is 4.90 Å². The number of rotatable bonds is 9. The molecule has 7 nitrogen and oxygen atoms in total. The van der Waals surface area contributed by atoms with Gasteiger partial charge >= 0.3 is 0 Å². The van der Waals surface area contributed by atoms with Crippen LogP contribution in [-0.4, -0.2) is 68.0 Å². The summed E-state index contributed by atoms with van der Waals surface area (Å²) < 4.78 is 17.6. The van der Waals surface area contributed by atoms with E-state index >= 15 is 0 Å². The molecule has 1 aliphatic carbocycles. The summed E-state index contributed by atoms with van der Waals surface area (Å²) in [7, 11) is 1.61. The van der Waals surface area contributed by atoms with E-state index in [0.717, 1.165) is 43.9 Å². The lowest BCUT2D eigenvalue weighted by Crippen LogP contribution is -2.38. The fourth-order valence-corrected chi connectivity index (χ4v) is 4.79. The molecule has 0 radical (unpaired) electrons. The van der Waals surface area contributed by atoms with E-state index in [1.54, 1.807) is 12.0 Å². The molecule has 1 N–H and O–H groups in total. The number of anilines is 1. The highest BCUT2D eigenvalue weighted by Gasteiger charge is 2.35. The van der Waals surface area contributed by atoms with Gasteiger partial charge in [-0.15, -0.1) is 0 Å². The van der Waals surface area contributed by atoms with Crippen LogP contribution in [-0.2, 0) is 4.79 Å². The molecule has 5 rings (SSSR count). The van der Waals surface area contributed by atoms with Gasteiger partial charge in [0, 0.05) is 44.4 Å². The van der Waals surface area contributed by atoms with Crippen molar-refractivity contribution in [2.24, 2.45) is 0 Å². The van der Waals surface area contributed by atoms with E-state index in [9.17, 15) is 9.90 Å². The average Bonchev–Trinajstić information content (AvgIpc) is 3.65. The van der Waals surface area contributed by atoms with Crippen LogP contribution < -0.4 is 19.1 Å². The zero-order chi connectivity index (χ0) is 23.5. The summed E-state index contributed by atoms with van der Waals surface area (Å²) in [6.07, 6.45) is 4.18. The van der Waals surface area contributed by atoms with Gasteiger partial charge in [0.15, 0.2) is 17.6 Å². The number of ether oxygens (including phenoxy) is 3. The minimum Gasteiger partial charge on any atom is -0.493 e. The largest absolute Gasteiger partial charge is 0.493 e. The zero-order valence-electron chi connectivity index (χ0n) is 19.8. The molecule has 1 amide bonds. The van der Waals surface area contributed by atoms with Crippen LogP contribution in [0, 0.1) is 0 Å². The molecule has 0 spiro atoms. The number of methoxy groups -OCH3 is 1. The van der Waals surface area contributed by atoms with Crippen LogP contribution in [0.5, 0.6) is 17.2 Å². The predicted octanol–water partition coefficient (Wildman–Crippen LogP) is 3.59. The lowest BCUT2D eigenvalue weighted by molar-refractivity contribution is -0.122. The van der Waals surface area contributed by atoms with Gasteiger partial charge in [-0.1, -0.05) is 12.1 Å². The second-order valence-corrected chi connectivity index (χ2v) is 9.48. The number of piperidine rings is 1. The molecule has 2 aromatic rings. The molecule has 2 saturated heterocycles. The third-order valence-corrected chi connectivity index (χ3v) is 7.04. The molecule has 7 heteroatoms. The average molecular weight is 467 g/mol. The predicted molar refractivity (Wildman–Crippen MR) is 130 cm³/mol. The second kappa shape index (κ2) is 10.2. The Morgan fingerprint density at radius 3 is 2.41 bits per heavy atom. The SMILES string of the molecule is COc1cc(N2CC[C@H](Oc3ccc(C4CC4)cc3)C2=O)ccc1OCCN1CCC(O)CC1.